The lowest BCUT2D eigenvalue weighted by Crippen LogP contribution is -2.32. The van der Waals surface area contributed by atoms with Crippen molar-refractivity contribution in [1.29, 1.82) is 0 Å². The Morgan fingerprint density at radius 3 is 2.81 bits per heavy atom. The van der Waals surface area contributed by atoms with E-state index < -0.39 is 0 Å². The maximum Gasteiger partial charge on any atom is 0.136 e. The molecule has 1 aliphatic rings. The first-order chi connectivity index (χ1) is 7.63. The lowest BCUT2D eigenvalue weighted by Gasteiger charge is -2.20. The Balaban J connectivity index is 2.19. The summed E-state index contributed by atoms with van der Waals surface area (Å²) in [4.78, 5) is 0. The van der Waals surface area contributed by atoms with Gasteiger partial charge in [0.2, 0.25) is 0 Å². The third kappa shape index (κ3) is 1.21. The Morgan fingerprint density at radius 1 is 1.44 bits per heavy atom. The van der Waals surface area contributed by atoms with Crippen molar-refractivity contribution in [3.05, 3.63) is 35.8 Å². The number of halogens is 1. The first kappa shape index (κ1) is 9.85. The summed E-state index contributed by atoms with van der Waals surface area (Å²) >= 11 is 0. The lowest BCUT2D eigenvalue weighted by molar-refractivity contribution is 0.511. The van der Waals surface area contributed by atoms with Crippen LogP contribution >= 0.6 is 0 Å². The van der Waals surface area contributed by atoms with Crippen molar-refractivity contribution in [1.82, 2.24) is 0 Å². The molecule has 0 spiro atoms. The molecule has 1 aliphatic carbocycles. The molecule has 0 radical (unpaired) electrons. The molecular weight excluding hydrogens is 205 g/mol. The summed E-state index contributed by atoms with van der Waals surface area (Å²) < 4.78 is 19.2. The Bertz CT molecular complexity index is 540. The highest BCUT2D eigenvalue weighted by Crippen LogP contribution is 2.51. The van der Waals surface area contributed by atoms with Gasteiger partial charge in [0.05, 0.1) is 6.26 Å². The van der Waals surface area contributed by atoms with E-state index in [0.717, 1.165) is 23.8 Å². The molecule has 2 nitrogen and oxygen atoms in total. The summed E-state index contributed by atoms with van der Waals surface area (Å²) in [5, 5.41) is 0.948. The molecular formula is C13H14FNO. The van der Waals surface area contributed by atoms with E-state index in [4.69, 9.17) is 10.2 Å². The highest BCUT2D eigenvalue weighted by atomic mass is 19.1. The van der Waals surface area contributed by atoms with Gasteiger partial charge in [0, 0.05) is 22.9 Å². The monoisotopic (exact) mass is 219 g/mol. The lowest BCUT2D eigenvalue weighted by atomic mass is 9.88. The van der Waals surface area contributed by atoms with Crippen molar-refractivity contribution >= 4 is 11.0 Å². The average Bonchev–Trinajstić information content (AvgIpc) is 2.92. The zero-order valence-electron chi connectivity index (χ0n) is 9.16. The molecule has 1 saturated carbocycles. The number of benzene rings is 1. The molecule has 3 rings (SSSR count). The largest absolute Gasteiger partial charge is 0.464 e. The number of furan rings is 1. The van der Waals surface area contributed by atoms with E-state index in [0.29, 0.717) is 5.58 Å². The van der Waals surface area contributed by atoms with Gasteiger partial charge in [-0.15, -0.1) is 0 Å². The van der Waals surface area contributed by atoms with E-state index in [2.05, 4.69) is 0 Å². The van der Waals surface area contributed by atoms with Crippen LogP contribution in [0.1, 0.15) is 25.3 Å². The van der Waals surface area contributed by atoms with E-state index in [-0.39, 0.29) is 17.3 Å². The number of fused-ring (bicyclic) bond motifs is 1. The van der Waals surface area contributed by atoms with Gasteiger partial charge >= 0.3 is 0 Å². The van der Waals surface area contributed by atoms with Crippen molar-refractivity contribution in [3.63, 3.8) is 0 Å². The molecule has 1 heterocycles. The summed E-state index contributed by atoms with van der Waals surface area (Å²) in [7, 11) is 0. The molecule has 1 aromatic heterocycles. The van der Waals surface area contributed by atoms with E-state index in [1.54, 1.807) is 6.26 Å². The minimum atomic E-state index is -0.197. The minimum Gasteiger partial charge on any atom is -0.464 e. The third-order valence-electron chi connectivity index (χ3n) is 3.74. The van der Waals surface area contributed by atoms with Crippen LogP contribution in [0.4, 0.5) is 4.39 Å². The Morgan fingerprint density at radius 2 is 2.19 bits per heavy atom. The van der Waals surface area contributed by atoms with Gasteiger partial charge in [-0.05, 0) is 37.5 Å². The van der Waals surface area contributed by atoms with Gasteiger partial charge in [0.25, 0.3) is 0 Å². The van der Waals surface area contributed by atoms with Gasteiger partial charge < -0.3 is 10.2 Å². The fourth-order valence-electron chi connectivity index (χ4n) is 2.47. The molecule has 16 heavy (non-hydrogen) atoms. The molecule has 1 atom stereocenters. The number of hydrogen-bond donors (Lipinski definition) is 1. The number of rotatable bonds is 2. The maximum absolute atomic E-state index is 14.0. The molecule has 84 valence electrons. The summed E-state index contributed by atoms with van der Waals surface area (Å²) in [5.74, 6) is -0.197. The molecule has 1 fully saturated rings. The predicted octanol–water partition coefficient (Wildman–Crippen LogP) is 2.95. The van der Waals surface area contributed by atoms with Crippen LogP contribution in [0.2, 0.25) is 0 Å². The molecule has 0 bridgehead atoms. The first-order valence-corrected chi connectivity index (χ1v) is 5.56. The third-order valence-corrected chi connectivity index (χ3v) is 3.74. The quantitative estimate of drug-likeness (QED) is 0.843. The number of hydrogen-bond acceptors (Lipinski definition) is 2. The van der Waals surface area contributed by atoms with Crippen LogP contribution in [0.5, 0.6) is 0 Å². The molecule has 0 amide bonds. The molecule has 2 N–H and O–H groups in total. The van der Waals surface area contributed by atoms with Gasteiger partial charge in [-0.1, -0.05) is 0 Å². The van der Waals surface area contributed by atoms with Gasteiger partial charge in [-0.2, -0.15) is 0 Å². The molecule has 0 saturated heterocycles. The van der Waals surface area contributed by atoms with E-state index >= 15 is 0 Å². The average molecular weight is 219 g/mol. The van der Waals surface area contributed by atoms with Gasteiger partial charge in [0.15, 0.2) is 0 Å². The van der Waals surface area contributed by atoms with E-state index in [1.807, 2.05) is 19.1 Å². The van der Waals surface area contributed by atoms with Gasteiger partial charge in [0.1, 0.15) is 11.4 Å². The zero-order valence-corrected chi connectivity index (χ0v) is 9.16. The normalized spacial score (nSPS) is 19.9. The highest BCUT2D eigenvalue weighted by Gasteiger charge is 2.49. The second kappa shape index (κ2) is 3.08. The molecule has 2 aromatic rings. The smallest absolute Gasteiger partial charge is 0.136 e. The molecule has 0 aliphatic heterocycles. The number of nitrogens with two attached hydrogens (primary N) is 1. The second-order valence-corrected chi connectivity index (χ2v) is 4.74. The summed E-state index contributed by atoms with van der Waals surface area (Å²) in [6, 6.07) is 5.19. The van der Waals surface area contributed by atoms with E-state index in [1.165, 1.54) is 6.07 Å². The Kier molecular flexibility index (Phi) is 1.89. The first-order valence-electron chi connectivity index (χ1n) is 5.56. The van der Waals surface area contributed by atoms with Crippen molar-refractivity contribution < 1.29 is 8.81 Å². The highest BCUT2D eigenvalue weighted by molar-refractivity contribution is 5.78. The van der Waals surface area contributed by atoms with Crippen molar-refractivity contribution in [3.8, 4) is 0 Å². The summed E-state index contributed by atoms with van der Waals surface area (Å²) in [6.07, 6.45) is 3.54. The van der Waals surface area contributed by atoms with Gasteiger partial charge in [-0.25, -0.2) is 4.39 Å². The Hall–Kier alpha value is -1.35. The molecule has 1 aromatic carbocycles. The fraction of sp³-hybridized carbons (Fsp3) is 0.385. The van der Waals surface area contributed by atoms with Crippen molar-refractivity contribution in [2.75, 3.05) is 0 Å². The van der Waals surface area contributed by atoms with Crippen LogP contribution in [0.15, 0.2) is 28.9 Å². The van der Waals surface area contributed by atoms with Crippen molar-refractivity contribution in [2.24, 2.45) is 5.73 Å². The van der Waals surface area contributed by atoms with Gasteiger partial charge in [-0.3, -0.25) is 0 Å². The topological polar surface area (TPSA) is 39.2 Å². The predicted molar refractivity (Wildman–Crippen MR) is 60.7 cm³/mol. The van der Waals surface area contributed by atoms with Crippen molar-refractivity contribution in [2.45, 2.75) is 31.2 Å². The fourth-order valence-corrected chi connectivity index (χ4v) is 2.47. The van der Waals surface area contributed by atoms with Crippen LogP contribution in [0.3, 0.4) is 0 Å². The molecule has 3 heteroatoms. The van der Waals surface area contributed by atoms with Crippen LogP contribution in [0, 0.1) is 5.82 Å². The van der Waals surface area contributed by atoms with Crippen LogP contribution in [-0.4, -0.2) is 6.04 Å². The summed E-state index contributed by atoms with van der Waals surface area (Å²) in [5.41, 5.74) is 7.17. The minimum absolute atomic E-state index is 0.00801. The van der Waals surface area contributed by atoms with Crippen LogP contribution in [-0.2, 0) is 5.41 Å². The SMILES string of the molecule is CC(N)C1(c2cc3ccoc3cc2F)CC1. The standard InChI is InChI=1S/C13H14FNO/c1-8(15)13(3-4-13)10-6-9-2-5-16-12(9)7-11(10)14/h2,5-8H,3-4,15H2,1H3. The summed E-state index contributed by atoms with van der Waals surface area (Å²) in [6.45, 7) is 1.95. The maximum atomic E-state index is 14.0. The molecule has 1 unspecified atom stereocenters. The zero-order chi connectivity index (χ0) is 11.3. The van der Waals surface area contributed by atoms with Crippen LogP contribution < -0.4 is 5.73 Å². The second-order valence-electron chi connectivity index (χ2n) is 4.74. The van der Waals surface area contributed by atoms with E-state index in [9.17, 15) is 4.39 Å². The Labute approximate surface area is 93.2 Å². The van der Waals surface area contributed by atoms with Crippen LogP contribution in [0.25, 0.3) is 11.0 Å².